The number of carbonyl (C=O) groups is 1. The molecule has 0 saturated carbocycles. The second kappa shape index (κ2) is 7.66. The highest BCUT2D eigenvalue weighted by molar-refractivity contribution is 7.89. The number of aromatic nitrogens is 1. The summed E-state index contributed by atoms with van der Waals surface area (Å²) in [7, 11) is -2.53. The number of ether oxygens (including phenoxy) is 1. The van der Waals surface area contributed by atoms with Gasteiger partial charge in [0.1, 0.15) is 16.3 Å². The molecule has 0 unspecified atom stereocenters. The monoisotopic (exact) mass is 367 g/mol. The zero-order valence-electron chi connectivity index (χ0n) is 14.6. The van der Waals surface area contributed by atoms with E-state index in [1.54, 1.807) is 24.3 Å². The van der Waals surface area contributed by atoms with Crippen LogP contribution in [0.4, 0.5) is 5.69 Å². The largest absolute Gasteiger partial charge is 0.494 e. The summed E-state index contributed by atoms with van der Waals surface area (Å²) in [6, 6.07) is 6.82. The molecule has 8 nitrogen and oxygen atoms in total. The Hall–Kier alpha value is -2.39. The molecule has 1 heterocycles. The smallest absolute Gasteiger partial charge is 0.248 e. The molecule has 0 bridgehead atoms. The molecule has 1 N–H and O–H groups in total. The van der Waals surface area contributed by atoms with Crippen molar-refractivity contribution < 1.29 is 22.5 Å². The number of nitrogens with zero attached hydrogens (tertiary/aromatic N) is 2. The highest BCUT2D eigenvalue weighted by atomic mass is 32.2. The molecule has 2 aromatic rings. The van der Waals surface area contributed by atoms with Crippen LogP contribution < -0.4 is 10.1 Å². The lowest BCUT2D eigenvalue weighted by molar-refractivity contribution is -0.116. The first-order chi connectivity index (χ1) is 11.8. The summed E-state index contributed by atoms with van der Waals surface area (Å²) in [5, 5.41) is 6.29. The van der Waals surface area contributed by atoms with Gasteiger partial charge in [0.2, 0.25) is 15.9 Å². The summed E-state index contributed by atoms with van der Waals surface area (Å²) in [6.45, 7) is 5.15. The maximum Gasteiger partial charge on any atom is 0.248 e. The van der Waals surface area contributed by atoms with Crippen molar-refractivity contribution in [1.29, 1.82) is 0 Å². The number of aryl methyl sites for hydroxylation is 2. The molecule has 0 aliphatic carbocycles. The first-order valence-electron chi connectivity index (χ1n) is 7.67. The van der Waals surface area contributed by atoms with E-state index in [2.05, 4.69) is 10.5 Å². The molecule has 1 amide bonds. The number of sulfonamides is 1. The molecule has 25 heavy (non-hydrogen) atoms. The minimum atomic E-state index is -3.86. The minimum Gasteiger partial charge on any atom is -0.494 e. The van der Waals surface area contributed by atoms with Gasteiger partial charge in [-0.25, -0.2) is 8.42 Å². The molecule has 136 valence electrons. The fourth-order valence-corrected chi connectivity index (χ4v) is 3.70. The summed E-state index contributed by atoms with van der Waals surface area (Å²) in [4.78, 5) is 12.1. The van der Waals surface area contributed by atoms with E-state index in [1.165, 1.54) is 20.9 Å². The van der Waals surface area contributed by atoms with E-state index in [9.17, 15) is 13.2 Å². The second-order valence-electron chi connectivity index (χ2n) is 5.42. The highest BCUT2D eigenvalue weighted by Gasteiger charge is 2.29. The number of carbonyl (C=O) groups excluding carboxylic acids is 1. The van der Waals surface area contributed by atoms with Crippen LogP contribution in [0.5, 0.6) is 5.75 Å². The zero-order valence-corrected chi connectivity index (χ0v) is 15.4. The van der Waals surface area contributed by atoms with Crippen molar-refractivity contribution in [2.75, 3.05) is 25.5 Å². The van der Waals surface area contributed by atoms with Crippen LogP contribution in [0.15, 0.2) is 33.7 Å². The quantitative estimate of drug-likeness (QED) is 0.802. The fraction of sp³-hybridized carbons (Fsp3) is 0.375. The first-order valence-corrected chi connectivity index (χ1v) is 9.11. The third-order valence-electron chi connectivity index (χ3n) is 3.45. The Labute approximate surface area is 146 Å². The number of amides is 1. The SMILES string of the molecule is CCOc1ccc(NC(=O)CN(C)S(=O)(=O)c2c(C)noc2C)cc1. The number of benzene rings is 1. The Morgan fingerprint density at radius 3 is 2.44 bits per heavy atom. The van der Waals surface area contributed by atoms with E-state index in [-0.39, 0.29) is 22.9 Å². The average Bonchev–Trinajstić information content (AvgIpc) is 2.88. The summed E-state index contributed by atoms with van der Waals surface area (Å²) < 4.78 is 36.3. The molecule has 0 saturated heterocycles. The third kappa shape index (κ3) is 4.37. The average molecular weight is 367 g/mol. The summed E-state index contributed by atoms with van der Waals surface area (Å²) in [6.07, 6.45) is 0. The Balaban J connectivity index is 2.04. The molecule has 2 rings (SSSR count). The molecule has 0 aliphatic heterocycles. The molecular formula is C16H21N3O5S. The van der Waals surface area contributed by atoms with Crippen molar-refractivity contribution in [3.8, 4) is 5.75 Å². The predicted octanol–water partition coefficient (Wildman–Crippen LogP) is 1.95. The van der Waals surface area contributed by atoms with Crippen molar-refractivity contribution in [1.82, 2.24) is 9.46 Å². The number of hydrogen-bond donors (Lipinski definition) is 1. The highest BCUT2D eigenvalue weighted by Crippen LogP contribution is 2.22. The second-order valence-corrected chi connectivity index (χ2v) is 7.40. The van der Waals surface area contributed by atoms with Crippen LogP contribution >= 0.6 is 0 Å². The van der Waals surface area contributed by atoms with Gasteiger partial charge in [0.05, 0.1) is 13.2 Å². The molecule has 0 radical (unpaired) electrons. The van der Waals surface area contributed by atoms with Gasteiger partial charge in [-0.05, 0) is 45.0 Å². The van der Waals surface area contributed by atoms with Crippen LogP contribution in [-0.4, -0.2) is 44.0 Å². The van der Waals surface area contributed by atoms with Crippen LogP contribution in [-0.2, 0) is 14.8 Å². The van der Waals surface area contributed by atoms with Gasteiger partial charge in [0, 0.05) is 12.7 Å². The van der Waals surface area contributed by atoms with Crippen LogP contribution in [0, 0.1) is 13.8 Å². The number of hydrogen-bond acceptors (Lipinski definition) is 6. The first kappa shape index (κ1) is 18.9. The van der Waals surface area contributed by atoms with E-state index in [1.807, 2.05) is 6.92 Å². The van der Waals surface area contributed by atoms with Crippen molar-refractivity contribution in [3.63, 3.8) is 0 Å². The van der Waals surface area contributed by atoms with Gasteiger partial charge >= 0.3 is 0 Å². The maximum atomic E-state index is 12.6. The molecule has 1 aromatic carbocycles. The van der Waals surface area contributed by atoms with Gasteiger partial charge in [-0.15, -0.1) is 0 Å². The molecule has 0 spiro atoms. The number of nitrogens with one attached hydrogen (secondary N) is 1. The summed E-state index contributed by atoms with van der Waals surface area (Å²) in [5.74, 6) is 0.428. The van der Waals surface area contributed by atoms with Gasteiger partial charge in [0.25, 0.3) is 0 Å². The lowest BCUT2D eigenvalue weighted by atomic mass is 10.3. The molecule has 0 aliphatic rings. The Morgan fingerprint density at radius 1 is 1.28 bits per heavy atom. The normalized spacial score (nSPS) is 11.6. The molecule has 1 aromatic heterocycles. The van der Waals surface area contributed by atoms with E-state index in [0.717, 1.165) is 4.31 Å². The van der Waals surface area contributed by atoms with E-state index in [0.29, 0.717) is 18.0 Å². The molecule has 0 fully saturated rings. The lowest BCUT2D eigenvalue weighted by Crippen LogP contribution is -2.35. The van der Waals surface area contributed by atoms with E-state index < -0.39 is 15.9 Å². The minimum absolute atomic E-state index is 0.0103. The van der Waals surface area contributed by atoms with Gasteiger partial charge in [-0.2, -0.15) is 4.31 Å². The standard InChI is InChI=1S/C16H21N3O5S/c1-5-23-14-8-6-13(7-9-14)17-15(20)10-19(4)25(21,22)16-11(2)18-24-12(16)3/h6-9H,5,10H2,1-4H3,(H,17,20). The van der Waals surface area contributed by atoms with Crippen LogP contribution in [0.3, 0.4) is 0 Å². The van der Waals surface area contributed by atoms with Gasteiger partial charge in [0.15, 0.2) is 5.76 Å². The van der Waals surface area contributed by atoms with Crippen molar-refractivity contribution in [2.45, 2.75) is 25.7 Å². The van der Waals surface area contributed by atoms with Crippen molar-refractivity contribution >= 4 is 21.6 Å². The molecule has 0 atom stereocenters. The summed E-state index contributed by atoms with van der Waals surface area (Å²) >= 11 is 0. The zero-order chi connectivity index (χ0) is 18.6. The topological polar surface area (TPSA) is 102 Å². The number of anilines is 1. The van der Waals surface area contributed by atoms with Crippen LogP contribution in [0.2, 0.25) is 0 Å². The predicted molar refractivity (Wildman–Crippen MR) is 92.0 cm³/mol. The number of rotatable bonds is 7. The van der Waals surface area contributed by atoms with Gasteiger partial charge in [-0.1, -0.05) is 5.16 Å². The Morgan fingerprint density at radius 2 is 1.92 bits per heavy atom. The van der Waals surface area contributed by atoms with Crippen molar-refractivity contribution in [2.24, 2.45) is 0 Å². The van der Waals surface area contributed by atoms with E-state index in [4.69, 9.17) is 9.26 Å². The van der Waals surface area contributed by atoms with Crippen molar-refractivity contribution in [3.05, 3.63) is 35.7 Å². The summed E-state index contributed by atoms with van der Waals surface area (Å²) in [5.41, 5.74) is 0.813. The van der Waals surface area contributed by atoms with Crippen LogP contribution in [0.25, 0.3) is 0 Å². The number of likely N-dealkylation sites (N-methyl/N-ethyl adjacent to an activating group) is 1. The Kier molecular flexibility index (Phi) is 5.81. The third-order valence-corrected chi connectivity index (χ3v) is 5.50. The maximum absolute atomic E-state index is 12.6. The van der Waals surface area contributed by atoms with E-state index >= 15 is 0 Å². The fourth-order valence-electron chi connectivity index (χ4n) is 2.29. The van der Waals surface area contributed by atoms with Gasteiger partial charge in [-0.3, -0.25) is 4.79 Å². The van der Waals surface area contributed by atoms with Gasteiger partial charge < -0.3 is 14.6 Å². The molecular weight excluding hydrogens is 346 g/mol. The molecule has 9 heteroatoms. The Bertz CT molecular complexity index is 824. The lowest BCUT2D eigenvalue weighted by Gasteiger charge is -2.16. The van der Waals surface area contributed by atoms with Crippen LogP contribution in [0.1, 0.15) is 18.4 Å².